The molecular weight excluding hydrogens is 392 g/mol. The van der Waals surface area contributed by atoms with Gasteiger partial charge in [-0.1, -0.05) is 72.8 Å². The van der Waals surface area contributed by atoms with Crippen LogP contribution in [0, 0.1) is 10.1 Å². The smallest absolute Gasteiger partial charge is 0.407 e. The third-order valence-electron chi connectivity index (χ3n) is 5.35. The number of nitrogens with one attached hydrogen (secondary N) is 1. The maximum atomic E-state index is 12.2. The predicted molar refractivity (Wildman–Crippen MR) is 120 cm³/mol. The van der Waals surface area contributed by atoms with E-state index in [-0.39, 0.29) is 18.2 Å². The highest BCUT2D eigenvalue weighted by Gasteiger charge is 2.28. The number of benzene rings is 3. The number of rotatable bonds is 7. The molecule has 0 aromatic heterocycles. The molecule has 0 saturated heterocycles. The molecule has 1 N–H and O–H groups in total. The van der Waals surface area contributed by atoms with Gasteiger partial charge < -0.3 is 10.1 Å². The first-order valence-electron chi connectivity index (χ1n) is 10.1. The lowest BCUT2D eigenvalue weighted by atomic mass is 9.98. The molecule has 0 bridgehead atoms. The van der Waals surface area contributed by atoms with Crippen LogP contribution in [0.15, 0.2) is 78.9 Å². The maximum absolute atomic E-state index is 12.2. The van der Waals surface area contributed by atoms with E-state index in [0.29, 0.717) is 18.5 Å². The van der Waals surface area contributed by atoms with Gasteiger partial charge in [-0.2, -0.15) is 0 Å². The minimum atomic E-state index is -0.471. The number of fused-ring (bicyclic) bond motifs is 3. The average Bonchev–Trinajstić information content (AvgIpc) is 3.11. The van der Waals surface area contributed by atoms with Gasteiger partial charge in [-0.25, -0.2) is 4.79 Å². The minimum Gasteiger partial charge on any atom is -0.449 e. The second-order valence-corrected chi connectivity index (χ2v) is 7.26. The van der Waals surface area contributed by atoms with Crippen molar-refractivity contribution in [2.75, 3.05) is 13.2 Å². The first kappa shape index (κ1) is 20.3. The van der Waals surface area contributed by atoms with Gasteiger partial charge in [0, 0.05) is 18.5 Å². The summed E-state index contributed by atoms with van der Waals surface area (Å²) in [5, 5.41) is 13.8. The van der Waals surface area contributed by atoms with Gasteiger partial charge in [0.1, 0.15) is 6.61 Å². The van der Waals surface area contributed by atoms with Crippen molar-refractivity contribution >= 4 is 17.9 Å². The normalized spacial score (nSPS) is 12.4. The van der Waals surface area contributed by atoms with Crippen molar-refractivity contribution in [2.45, 2.75) is 12.3 Å². The molecule has 1 amide bonds. The van der Waals surface area contributed by atoms with Crippen molar-refractivity contribution in [3.8, 4) is 11.1 Å². The molecule has 0 unspecified atom stereocenters. The Morgan fingerprint density at radius 2 is 1.58 bits per heavy atom. The summed E-state index contributed by atoms with van der Waals surface area (Å²) in [4.78, 5) is 22.8. The standard InChI is InChI=1S/C25H22N2O4/c28-25(26-16-8-7-10-18-9-1-6-15-24(18)27(29)30)31-17-23-21-13-4-2-11-19(21)20-12-3-5-14-22(20)23/h1-7,9-15,23H,8,16-17H2,(H,26,28). The summed E-state index contributed by atoms with van der Waals surface area (Å²) in [7, 11) is 0. The number of nitrogens with zero attached hydrogens (tertiary/aromatic N) is 1. The Morgan fingerprint density at radius 3 is 2.26 bits per heavy atom. The van der Waals surface area contributed by atoms with E-state index in [4.69, 9.17) is 4.74 Å². The monoisotopic (exact) mass is 414 g/mol. The highest BCUT2D eigenvalue weighted by molar-refractivity contribution is 5.79. The molecule has 0 fully saturated rings. The quantitative estimate of drug-likeness (QED) is 0.313. The molecular formula is C25H22N2O4. The van der Waals surface area contributed by atoms with Crippen LogP contribution < -0.4 is 5.32 Å². The van der Waals surface area contributed by atoms with Gasteiger partial charge in [0.25, 0.3) is 5.69 Å². The maximum Gasteiger partial charge on any atom is 0.407 e. The summed E-state index contributed by atoms with van der Waals surface area (Å²) < 4.78 is 5.49. The number of carbonyl (C=O) groups is 1. The predicted octanol–water partition coefficient (Wildman–Crippen LogP) is 5.54. The van der Waals surface area contributed by atoms with Crippen LogP contribution in [0.2, 0.25) is 0 Å². The first-order valence-corrected chi connectivity index (χ1v) is 10.1. The Hall–Kier alpha value is -3.93. The Labute approximate surface area is 180 Å². The van der Waals surface area contributed by atoms with Gasteiger partial charge in [0.05, 0.1) is 10.5 Å². The first-order chi connectivity index (χ1) is 15.1. The number of hydrogen-bond acceptors (Lipinski definition) is 4. The van der Waals surface area contributed by atoms with Crippen LogP contribution in [-0.2, 0) is 4.74 Å². The summed E-state index contributed by atoms with van der Waals surface area (Å²) in [6, 6.07) is 22.9. The summed E-state index contributed by atoms with van der Waals surface area (Å²) in [6.07, 6.45) is 3.56. The Kier molecular flexibility index (Phi) is 6.08. The van der Waals surface area contributed by atoms with Gasteiger partial charge in [0.2, 0.25) is 0 Å². The van der Waals surface area contributed by atoms with E-state index in [1.807, 2.05) is 24.3 Å². The van der Waals surface area contributed by atoms with Crippen molar-refractivity contribution in [2.24, 2.45) is 0 Å². The average molecular weight is 414 g/mol. The molecule has 3 aromatic rings. The zero-order valence-corrected chi connectivity index (χ0v) is 16.9. The van der Waals surface area contributed by atoms with Crippen molar-refractivity contribution in [1.82, 2.24) is 5.32 Å². The minimum absolute atomic E-state index is 0.0247. The molecule has 31 heavy (non-hydrogen) atoms. The summed E-state index contributed by atoms with van der Waals surface area (Å²) >= 11 is 0. The fourth-order valence-electron chi connectivity index (χ4n) is 3.91. The molecule has 0 atom stereocenters. The molecule has 0 radical (unpaired) electrons. The van der Waals surface area contributed by atoms with Crippen LogP contribution in [0.4, 0.5) is 10.5 Å². The molecule has 0 heterocycles. The van der Waals surface area contributed by atoms with E-state index in [1.165, 1.54) is 28.3 Å². The molecule has 6 heteroatoms. The molecule has 0 saturated carbocycles. The fraction of sp³-hybridized carbons (Fsp3) is 0.160. The lowest BCUT2D eigenvalue weighted by Crippen LogP contribution is -2.26. The number of ether oxygens (including phenoxy) is 1. The molecule has 3 aromatic carbocycles. The van der Waals surface area contributed by atoms with Gasteiger partial charge >= 0.3 is 6.09 Å². The van der Waals surface area contributed by atoms with E-state index in [1.54, 1.807) is 30.4 Å². The molecule has 0 spiro atoms. The van der Waals surface area contributed by atoms with E-state index in [9.17, 15) is 14.9 Å². The van der Waals surface area contributed by atoms with Crippen LogP contribution >= 0.6 is 0 Å². The van der Waals surface area contributed by atoms with E-state index in [2.05, 4.69) is 29.6 Å². The molecule has 0 aliphatic heterocycles. The van der Waals surface area contributed by atoms with Crippen LogP contribution in [0.25, 0.3) is 17.2 Å². The van der Waals surface area contributed by atoms with Crippen molar-refractivity contribution < 1.29 is 14.5 Å². The molecule has 1 aliphatic rings. The number of alkyl carbamates (subject to hydrolysis) is 1. The molecule has 6 nitrogen and oxygen atoms in total. The van der Waals surface area contributed by atoms with Gasteiger partial charge in [-0.05, 0) is 34.7 Å². The second kappa shape index (κ2) is 9.26. The van der Waals surface area contributed by atoms with Gasteiger partial charge in [-0.3, -0.25) is 10.1 Å². The van der Waals surface area contributed by atoms with Crippen molar-refractivity contribution in [3.63, 3.8) is 0 Å². The van der Waals surface area contributed by atoms with Crippen LogP contribution in [0.5, 0.6) is 0 Å². The van der Waals surface area contributed by atoms with Crippen LogP contribution in [-0.4, -0.2) is 24.2 Å². The molecule has 4 rings (SSSR count). The summed E-state index contributed by atoms with van der Waals surface area (Å²) in [5.74, 6) is 0.0247. The number of nitro benzene ring substituents is 1. The van der Waals surface area contributed by atoms with E-state index < -0.39 is 11.0 Å². The number of nitro groups is 1. The lowest BCUT2D eigenvalue weighted by Gasteiger charge is -2.14. The lowest BCUT2D eigenvalue weighted by molar-refractivity contribution is -0.385. The molecule has 1 aliphatic carbocycles. The largest absolute Gasteiger partial charge is 0.449 e. The summed E-state index contributed by atoms with van der Waals surface area (Å²) in [5.41, 5.74) is 5.31. The number of carbonyl (C=O) groups excluding carboxylic acids is 1. The Bertz CT molecular complexity index is 1090. The zero-order valence-electron chi connectivity index (χ0n) is 16.9. The van der Waals surface area contributed by atoms with Crippen LogP contribution in [0.3, 0.4) is 0 Å². The number of hydrogen-bond donors (Lipinski definition) is 1. The Balaban J connectivity index is 1.29. The van der Waals surface area contributed by atoms with Gasteiger partial charge in [0.15, 0.2) is 0 Å². The van der Waals surface area contributed by atoms with E-state index >= 15 is 0 Å². The summed E-state index contributed by atoms with van der Waals surface area (Å²) in [6.45, 7) is 0.652. The third kappa shape index (κ3) is 4.48. The number of para-hydroxylation sites is 1. The zero-order chi connectivity index (χ0) is 21.6. The highest BCUT2D eigenvalue weighted by Crippen LogP contribution is 2.44. The second-order valence-electron chi connectivity index (χ2n) is 7.26. The molecule has 156 valence electrons. The number of amides is 1. The van der Waals surface area contributed by atoms with Crippen molar-refractivity contribution in [3.05, 3.63) is 106 Å². The van der Waals surface area contributed by atoms with Gasteiger partial charge in [-0.15, -0.1) is 0 Å². The third-order valence-corrected chi connectivity index (χ3v) is 5.35. The SMILES string of the molecule is O=C(NCCC=Cc1ccccc1[N+](=O)[O-])OCC1c2ccccc2-c2ccccc21. The highest BCUT2D eigenvalue weighted by atomic mass is 16.6. The van der Waals surface area contributed by atoms with Crippen molar-refractivity contribution in [1.29, 1.82) is 0 Å². The van der Waals surface area contributed by atoms with E-state index in [0.717, 1.165) is 0 Å². The van der Waals surface area contributed by atoms with Crippen LogP contribution in [0.1, 0.15) is 29.0 Å². The topological polar surface area (TPSA) is 81.5 Å². The fourth-order valence-corrected chi connectivity index (χ4v) is 3.91. The Morgan fingerprint density at radius 1 is 0.968 bits per heavy atom.